The first-order valence-corrected chi connectivity index (χ1v) is 10.9. The lowest BCUT2D eigenvalue weighted by Gasteiger charge is -2.28. The maximum atomic E-state index is 13.6. The smallest absolute Gasteiger partial charge is 0.326 e. The highest BCUT2D eigenvalue weighted by molar-refractivity contribution is 6.11. The predicted molar refractivity (Wildman–Crippen MR) is 121 cm³/mol. The third-order valence-electron chi connectivity index (χ3n) is 5.91. The van der Waals surface area contributed by atoms with Crippen molar-refractivity contribution in [3.63, 3.8) is 0 Å². The topological polar surface area (TPSA) is 78.5 Å². The Balaban J connectivity index is 1.86. The zero-order valence-electron chi connectivity index (χ0n) is 18.5. The van der Waals surface area contributed by atoms with E-state index in [1.165, 1.54) is 0 Å². The first-order chi connectivity index (χ1) is 14.9. The molecule has 1 saturated heterocycles. The Kier molecular flexibility index (Phi) is 7.10. The molecule has 0 unspecified atom stereocenters. The lowest BCUT2D eigenvalue weighted by molar-refractivity contribution is -0.134. The van der Waals surface area contributed by atoms with Gasteiger partial charge in [-0.3, -0.25) is 14.5 Å². The van der Waals surface area contributed by atoms with E-state index in [0.717, 1.165) is 41.7 Å². The molecule has 2 aromatic carbocycles. The van der Waals surface area contributed by atoms with Crippen LogP contribution in [-0.2, 0) is 15.1 Å². The molecule has 1 fully saturated rings. The van der Waals surface area contributed by atoms with Crippen molar-refractivity contribution in [1.82, 2.24) is 15.5 Å². The summed E-state index contributed by atoms with van der Waals surface area (Å²) in [5.41, 5.74) is 2.13. The van der Waals surface area contributed by atoms with E-state index < -0.39 is 17.5 Å². The van der Waals surface area contributed by atoms with Gasteiger partial charge in [0.25, 0.3) is 5.91 Å². The normalized spacial score (nSPS) is 18.2. The van der Waals surface area contributed by atoms with Gasteiger partial charge in [-0.25, -0.2) is 4.79 Å². The van der Waals surface area contributed by atoms with Crippen molar-refractivity contribution < 1.29 is 14.4 Å². The van der Waals surface area contributed by atoms with Crippen LogP contribution in [0.25, 0.3) is 0 Å². The number of rotatable bonds is 9. The van der Waals surface area contributed by atoms with Crippen LogP contribution in [0.4, 0.5) is 4.79 Å². The summed E-state index contributed by atoms with van der Waals surface area (Å²) < 4.78 is 0. The van der Waals surface area contributed by atoms with Gasteiger partial charge in [-0.2, -0.15) is 0 Å². The second kappa shape index (κ2) is 9.77. The number of carbonyl (C=O) groups is 3. The quantitative estimate of drug-likeness (QED) is 0.478. The molecule has 0 spiro atoms. The maximum absolute atomic E-state index is 13.6. The summed E-state index contributed by atoms with van der Waals surface area (Å²) in [7, 11) is 0. The minimum absolute atomic E-state index is 0.294. The first-order valence-electron chi connectivity index (χ1n) is 10.9. The second-order valence-corrected chi connectivity index (χ2v) is 8.15. The number of unbranched alkanes of at least 4 members (excludes halogenated alkanes) is 3. The molecule has 2 N–H and O–H groups in total. The average Bonchev–Trinajstić information content (AvgIpc) is 3.01. The number of nitrogens with zero attached hydrogens (tertiary/aromatic N) is 1. The number of amides is 4. The molecule has 6 nitrogen and oxygen atoms in total. The van der Waals surface area contributed by atoms with Crippen LogP contribution in [-0.4, -0.2) is 35.8 Å². The van der Waals surface area contributed by atoms with Crippen LogP contribution in [0.5, 0.6) is 0 Å². The van der Waals surface area contributed by atoms with Crippen molar-refractivity contribution in [3.05, 3.63) is 70.8 Å². The number of aryl methyl sites for hydroxylation is 2. The van der Waals surface area contributed by atoms with E-state index in [4.69, 9.17) is 0 Å². The number of carbonyl (C=O) groups excluding carboxylic acids is 3. The fourth-order valence-corrected chi connectivity index (χ4v) is 3.92. The van der Waals surface area contributed by atoms with Crippen molar-refractivity contribution >= 4 is 17.8 Å². The van der Waals surface area contributed by atoms with Crippen molar-refractivity contribution in [2.75, 3.05) is 13.1 Å². The van der Waals surface area contributed by atoms with E-state index in [0.29, 0.717) is 17.7 Å². The van der Waals surface area contributed by atoms with Gasteiger partial charge in [-0.1, -0.05) is 74.7 Å². The Morgan fingerprint density at radius 3 is 2.39 bits per heavy atom. The van der Waals surface area contributed by atoms with Gasteiger partial charge in [0, 0.05) is 6.54 Å². The largest absolute Gasteiger partial charge is 0.355 e. The van der Waals surface area contributed by atoms with Gasteiger partial charge < -0.3 is 10.6 Å². The van der Waals surface area contributed by atoms with Gasteiger partial charge in [0.1, 0.15) is 6.54 Å². The van der Waals surface area contributed by atoms with Gasteiger partial charge in [0.05, 0.1) is 0 Å². The van der Waals surface area contributed by atoms with Gasteiger partial charge in [-0.15, -0.1) is 0 Å². The van der Waals surface area contributed by atoms with E-state index in [2.05, 4.69) is 17.6 Å². The number of benzene rings is 2. The van der Waals surface area contributed by atoms with Crippen LogP contribution in [0, 0.1) is 13.8 Å². The highest BCUT2D eigenvalue weighted by Gasteiger charge is 2.54. The SMILES string of the molecule is CCCCCCNC(=O)CN1C(=O)N[C@](c2ccccc2)(c2ccc(C)c(C)c2)C1=O. The predicted octanol–water partition coefficient (Wildman–Crippen LogP) is 3.80. The van der Waals surface area contributed by atoms with E-state index in [1.54, 1.807) is 0 Å². The van der Waals surface area contributed by atoms with E-state index in [-0.39, 0.29) is 12.5 Å². The summed E-state index contributed by atoms with van der Waals surface area (Å²) in [5.74, 6) is -0.767. The van der Waals surface area contributed by atoms with E-state index >= 15 is 0 Å². The molecule has 0 radical (unpaired) electrons. The molecule has 164 valence electrons. The van der Waals surface area contributed by atoms with Crippen molar-refractivity contribution in [3.8, 4) is 0 Å². The molecule has 1 heterocycles. The van der Waals surface area contributed by atoms with Crippen LogP contribution < -0.4 is 10.6 Å². The molecular formula is C25H31N3O3. The van der Waals surface area contributed by atoms with Crippen LogP contribution in [0.1, 0.15) is 54.9 Å². The van der Waals surface area contributed by atoms with Gasteiger partial charge >= 0.3 is 6.03 Å². The molecule has 1 aliphatic heterocycles. The molecule has 3 rings (SSSR count). The molecule has 4 amide bonds. The second-order valence-electron chi connectivity index (χ2n) is 8.15. The van der Waals surface area contributed by atoms with E-state index in [9.17, 15) is 14.4 Å². The number of urea groups is 1. The maximum Gasteiger partial charge on any atom is 0.326 e. The third-order valence-corrected chi connectivity index (χ3v) is 5.91. The number of nitrogens with one attached hydrogen (secondary N) is 2. The molecule has 0 bridgehead atoms. The monoisotopic (exact) mass is 421 g/mol. The minimum Gasteiger partial charge on any atom is -0.355 e. The summed E-state index contributed by atoms with van der Waals surface area (Å²) in [4.78, 5) is 39.9. The molecule has 6 heteroatoms. The van der Waals surface area contributed by atoms with Crippen LogP contribution in [0.2, 0.25) is 0 Å². The Morgan fingerprint density at radius 1 is 0.968 bits per heavy atom. The Labute approximate surface area is 184 Å². The Bertz CT molecular complexity index is 958. The average molecular weight is 422 g/mol. The van der Waals surface area contributed by atoms with Crippen molar-refractivity contribution in [2.24, 2.45) is 0 Å². The first kappa shape index (κ1) is 22.5. The van der Waals surface area contributed by atoms with Gasteiger partial charge in [0.2, 0.25) is 5.91 Å². The summed E-state index contributed by atoms with van der Waals surface area (Å²) >= 11 is 0. The zero-order valence-corrected chi connectivity index (χ0v) is 18.5. The number of hydrogen-bond acceptors (Lipinski definition) is 3. The lowest BCUT2D eigenvalue weighted by Crippen LogP contribution is -2.46. The molecule has 0 saturated carbocycles. The van der Waals surface area contributed by atoms with Gasteiger partial charge in [0.15, 0.2) is 5.54 Å². The zero-order chi connectivity index (χ0) is 22.4. The highest BCUT2D eigenvalue weighted by Crippen LogP contribution is 2.36. The number of hydrogen-bond donors (Lipinski definition) is 2. The molecule has 0 aliphatic carbocycles. The fraction of sp³-hybridized carbons (Fsp3) is 0.400. The Morgan fingerprint density at radius 2 is 1.71 bits per heavy atom. The summed E-state index contributed by atoms with van der Waals surface area (Å²) in [6.45, 7) is 6.36. The molecular weight excluding hydrogens is 390 g/mol. The standard InChI is InChI=1S/C25H31N3O3/c1-4-5-6-10-15-26-22(29)17-28-23(30)25(27-24(28)31,20-11-8-7-9-12-20)21-14-13-18(2)19(3)16-21/h7-9,11-14,16H,4-6,10,15,17H2,1-3H3,(H,26,29)(H,27,31)/t25-/m1/s1. The van der Waals surface area contributed by atoms with E-state index in [1.807, 2.05) is 62.4 Å². The Hall–Kier alpha value is -3.15. The van der Waals surface area contributed by atoms with Crippen LogP contribution >= 0.6 is 0 Å². The summed E-state index contributed by atoms with van der Waals surface area (Å²) in [6, 6.07) is 14.4. The van der Waals surface area contributed by atoms with Crippen molar-refractivity contribution in [2.45, 2.75) is 52.0 Å². The van der Waals surface area contributed by atoms with Gasteiger partial charge in [-0.05, 0) is 42.5 Å². The number of imide groups is 1. The molecule has 0 aromatic heterocycles. The van der Waals surface area contributed by atoms with Crippen LogP contribution in [0.15, 0.2) is 48.5 Å². The molecule has 2 aromatic rings. The fourth-order valence-electron chi connectivity index (χ4n) is 3.92. The molecule has 31 heavy (non-hydrogen) atoms. The lowest BCUT2D eigenvalue weighted by atomic mass is 9.81. The van der Waals surface area contributed by atoms with Crippen LogP contribution in [0.3, 0.4) is 0 Å². The molecule has 1 atom stereocenters. The minimum atomic E-state index is -1.35. The van der Waals surface area contributed by atoms with Crippen molar-refractivity contribution in [1.29, 1.82) is 0 Å². The third kappa shape index (κ3) is 4.63. The summed E-state index contributed by atoms with van der Waals surface area (Å²) in [6.07, 6.45) is 4.18. The summed E-state index contributed by atoms with van der Waals surface area (Å²) in [5, 5.41) is 5.71. The molecule has 1 aliphatic rings. The highest BCUT2D eigenvalue weighted by atomic mass is 16.2.